The van der Waals surface area contributed by atoms with Crippen LogP contribution in [-0.4, -0.2) is 80.4 Å². The molecule has 48 heavy (non-hydrogen) atoms. The molecule has 1 fully saturated rings. The molecule has 0 bridgehead atoms. The van der Waals surface area contributed by atoms with Crippen molar-refractivity contribution >= 4 is 56.6 Å². The number of fused-ring (bicyclic) bond motifs is 1. The Kier molecular flexibility index (Phi) is 15.5. The summed E-state index contributed by atoms with van der Waals surface area (Å²) in [6.07, 6.45) is 1.42. The molecule has 0 aliphatic carbocycles. The van der Waals surface area contributed by atoms with Crippen LogP contribution in [0.5, 0.6) is 5.75 Å². The number of hydrogen-bond acceptors (Lipinski definition) is 10. The summed E-state index contributed by atoms with van der Waals surface area (Å²) in [5, 5.41) is 1.84. The Morgan fingerprint density at radius 3 is 1.75 bits per heavy atom. The number of esters is 4. The van der Waals surface area contributed by atoms with Gasteiger partial charge < -0.3 is 0 Å². The van der Waals surface area contributed by atoms with E-state index in [1.807, 2.05) is 12.1 Å². The third-order valence-corrected chi connectivity index (χ3v) is 24.8. The van der Waals surface area contributed by atoms with Crippen LogP contribution >= 0.6 is 0 Å². The maximum absolute atomic E-state index is 12.6. The van der Waals surface area contributed by atoms with Crippen LogP contribution in [0, 0.1) is 0 Å². The van der Waals surface area contributed by atoms with Crippen LogP contribution in [0.15, 0.2) is 30.3 Å². The van der Waals surface area contributed by atoms with Crippen molar-refractivity contribution in [3.8, 4) is 5.75 Å². The van der Waals surface area contributed by atoms with Gasteiger partial charge in [-0.05, 0) is 0 Å². The Morgan fingerprint density at radius 2 is 1.25 bits per heavy atom. The van der Waals surface area contributed by atoms with Gasteiger partial charge in [-0.25, -0.2) is 0 Å². The first-order valence-corrected chi connectivity index (χ1v) is 24.8. The summed E-state index contributed by atoms with van der Waals surface area (Å²) < 4.78 is 40.4. The van der Waals surface area contributed by atoms with E-state index in [0.29, 0.717) is 11.3 Å². The van der Waals surface area contributed by atoms with Crippen LogP contribution in [0.25, 0.3) is 10.8 Å². The zero-order valence-corrected chi connectivity index (χ0v) is 32.8. The van der Waals surface area contributed by atoms with E-state index in [0.717, 1.165) is 10.8 Å². The molecule has 0 radical (unpaired) electrons. The van der Waals surface area contributed by atoms with Crippen LogP contribution < -0.4 is 8.32 Å². The predicted octanol–water partition coefficient (Wildman–Crippen LogP) is 6.70. The molecular weight excluding hydrogens is 723 g/mol. The van der Waals surface area contributed by atoms with Gasteiger partial charge in [0, 0.05) is 0 Å². The average Bonchev–Trinajstić information content (AvgIpc) is 3.04. The van der Waals surface area contributed by atoms with Crippen LogP contribution in [0.4, 0.5) is 0 Å². The Bertz CT molecular complexity index is 1390. The second kappa shape index (κ2) is 18.8. The van der Waals surface area contributed by atoms with Crippen LogP contribution in [0.1, 0.15) is 98.7 Å². The van der Waals surface area contributed by atoms with Crippen molar-refractivity contribution in [2.75, 3.05) is 13.7 Å². The van der Waals surface area contributed by atoms with Crippen molar-refractivity contribution < 1.29 is 47.6 Å². The van der Waals surface area contributed by atoms with E-state index in [-0.39, 0.29) is 6.61 Å². The van der Waals surface area contributed by atoms with Gasteiger partial charge in [-0.3, -0.25) is 0 Å². The average molecular weight is 778 g/mol. The number of carbonyl (C=O) groups is 4. The van der Waals surface area contributed by atoms with Gasteiger partial charge >= 0.3 is 290 Å². The zero-order chi connectivity index (χ0) is 35.4. The fourth-order valence-electron chi connectivity index (χ4n) is 6.95. The summed E-state index contributed by atoms with van der Waals surface area (Å²) >= 11 is -2.80. The van der Waals surface area contributed by atoms with Crippen LogP contribution in [0.3, 0.4) is 0 Å². The first-order chi connectivity index (χ1) is 22.9. The van der Waals surface area contributed by atoms with E-state index in [1.165, 1.54) is 83.1 Å². The third kappa shape index (κ3) is 10.1. The monoisotopic (exact) mass is 778 g/mol. The molecule has 1 saturated heterocycles. The molecule has 0 saturated carbocycles. The molecule has 0 aromatic heterocycles. The van der Waals surface area contributed by atoms with E-state index in [9.17, 15) is 19.2 Å². The number of carbonyl (C=O) groups excluding carboxylic acids is 4. The summed E-state index contributed by atoms with van der Waals surface area (Å²) in [7, 11) is 1.55. The van der Waals surface area contributed by atoms with E-state index in [2.05, 4.69) is 39.0 Å². The van der Waals surface area contributed by atoms with Crippen molar-refractivity contribution in [3.63, 3.8) is 0 Å². The first kappa shape index (κ1) is 39.6. The van der Waals surface area contributed by atoms with Gasteiger partial charge in [0.1, 0.15) is 0 Å². The summed E-state index contributed by atoms with van der Waals surface area (Å²) in [6.45, 7) is 11.4. The van der Waals surface area contributed by atoms with Crippen molar-refractivity contribution in [3.05, 3.63) is 35.9 Å². The normalized spacial score (nSPS) is 21.0. The molecule has 11 heteroatoms. The third-order valence-electron chi connectivity index (χ3n) is 9.16. The number of ether oxygens (including phenoxy) is 6. The Morgan fingerprint density at radius 1 is 0.708 bits per heavy atom. The summed E-state index contributed by atoms with van der Waals surface area (Å²) in [6, 6.07) is 10.7. The van der Waals surface area contributed by atoms with E-state index >= 15 is 0 Å². The molecule has 3 rings (SSSR count). The molecule has 266 valence electrons. The Labute approximate surface area is 289 Å². The number of benzene rings is 2. The number of methoxy groups -OCH3 is 1. The van der Waals surface area contributed by atoms with Crippen molar-refractivity contribution in [1.29, 1.82) is 0 Å². The molecule has 2 aromatic carbocycles. The van der Waals surface area contributed by atoms with Gasteiger partial charge in [0.05, 0.1) is 0 Å². The minimum absolute atomic E-state index is 0.297. The Hall–Kier alpha value is -2.86. The summed E-state index contributed by atoms with van der Waals surface area (Å²) in [5.74, 6) is -2.08. The summed E-state index contributed by atoms with van der Waals surface area (Å²) in [4.78, 5) is 49.1. The molecule has 5 atom stereocenters. The van der Waals surface area contributed by atoms with Gasteiger partial charge in [0.2, 0.25) is 0 Å². The van der Waals surface area contributed by atoms with Gasteiger partial charge in [0.15, 0.2) is 0 Å². The molecule has 0 N–H and O–H groups in total. The molecule has 0 amide bonds. The fraction of sp³-hybridized carbons (Fsp3) is 0.622. The maximum atomic E-state index is 12.6. The van der Waals surface area contributed by atoms with E-state index in [1.54, 1.807) is 7.11 Å². The van der Waals surface area contributed by atoms with Gasteiger partial charge in [-0.15, -0.1) is 0 Å². The topological polar surface area (TPSA) is 124 Å². The van der Waals surface area contributed by atoms with Gasteiger partial charge in [-0.2, -0.15) is 0 Å². The van der Waals surface area contributed by atoms with Crippen molar-refractivity contribution in [2.45, 2.75) is 131 Å². The molecule has 0 unspecified atom stereocenters. The molecule has 1 aliphatic rings. The molecule has 2 aromatic rings. The van der Waals surface area contributed by atoms with Gasteiger partial charge in [-0.1, -0.05) is 0 Å². The molecular formula is C37H54O10Sn. The molecule has 10 nitrogen and oxygen atoms in total. The van der Waals surface area contributed by atoms with Crippen LogP contribution in [-0.2, 0) is 42.9 Å². The zero-order valence-electron chi connectivity index (χ0n) is 29.9. The first-order valence-electron chi connectivity index (χ1n) is 17.3. The van der Waals surface area contributed by atoms with Crippen LogP contribution in [0.2, 0.25) is 13.3 Å². The number of unbranched alkanes of at least 4 members (excludes halogenated alkanes) is 3. The molecule has 1 heterocycles. The standard InChI is InChI=1S/C25H27O10.3C4H9.Sn/c1-13(26)31-12-20-22(32-14(2)27)24(33-15(3)28)25(34-16(4)29)23(35-20)21-18-9-7-6-8-17(18)10-11-19(21)30-5;3*1-3-4-2;/h7-11,20,22-25H,12H2,1-5H3;3*1,3-4H2,2H3;/t20-,22+,23+,24+,25+;;;;/m1..../s1. The van der Waals surface area contributed by atoms with E-state index in [4.69, 9.17) is 28.4 Å². The number of rotatable bonds is 17. The van der Waals surface area contributed by atoms with Gasteiger partial charge in [0.25, 0.3) is 0 Å². The fourth-order valence-corrected chi connectivity index (χ4v) is 22.9. The summed E-state index contributed by atoms with van der Waals surface area (Å²) in [5.41, 5.74) is 0.593. The van der Waals surface area contributed by atoms with Crippen molar-refractivity contribution in [2.24, 2.45) is 0 Å². The quantitative estimate of drug-likeness (QED) is 0.0974. The Balaban J connectivity index is 2.29. The van der Waals surface area contributed by atoms with Crippen molar-refractivity contribution in [1.82, 2.24) is 0 Å². The predicted molar refractivity (Wildman–Crippen MR) is 186 cm³/mol. The van der Waals surface area contributed by atoms with E-state index < -0.39 is 72.8 Å². The minimum atomic E-state index is -2.80. The molecule has 0 spiro atoms. The second-order valence-corrected chi connectivity index (χ2v) is 26.1. The SMILES string of the molecule is CCC[CH2][Sn]([CH2]CCC)([CH2]CCC)[c]1ccc2c([C@@H]3O[C@H](COC(C)=O)[C@H](OC(C)=O)[C@H](OC(C)=O)[C@H]3OC(C)=O)c(OC)ccc2c1. The number of hydrogen-bond donors (Lipinski definition) is 0. The molecule has 1 aliphatic heterocycles. The second-order valence-electron chi connectivity index (χ2n) is 12.8.